The molecule has 0 amide bonds. The maximum atomic E-state index is 13.7. The number of alkyl halides is 3. The van der Waals surface area contributed by atoms with Crippen molar-refractivity contribution in [2.45, 2.75) is 31.6 Å². The summed E-state index contributed by atoms with van der Waals surface area (Å²) in [5, 5.41) is 0. The van der Waals surface area contributed by atoms with Crippen molar-refractivity contribution in [3.63, 3.8) is 0 Å². The van der Waals surface area contributed by atoms with Gasteiger partial charge >= 0.3 is 6.18 Å². The van der Waals surface area contributed by atoms with E-state index in [4.69, 9.17) is 15.2 Å². The number of morpholine rings is 2. The van der Waals surface area contributed by atoms with Crippen LogP contribution in [0.4, 0.5) is 30.8 Å². The third kappa shape index (κ3) is 3.53. The molecule has 0 spiro atoms. The first-order valence-electron chi connectivity index (χ1n) is 10.1. The van der Waals surface area contributed by atoms with Crippen molar-refractivity contribution < 1.29 is 22.6 Å². The quantitative estimate of drug-likeness (QED) is 0.749. The van der Waals surface area contributed by atoms with Gasteiger partial charge in [0.25, 0.3) is 0 Å². The fraction of sp³-hybridized carbons (Fsp3) is 0.579. The Bertz CT molecular complexity index is 1000. The van der Waals surface area contributed by atoms with Gasteiger partial charge in [0.2, 0.25) is 5.95 Å². The van der Waals surface area contributed by atoms with Gasteiger partial charge in [-0.25, -0.2) is 19.9 Å². The van der Waals surface area contributed by atoms with Crippen LogP contribution in [-0.4, -0.2) is 71.5 Å². The van der Waals surface area contributed by atoms with E-state index >= 15 is 0 Å². The van der Waals surface area contributed by atoms with E-state index in [1.54, 1.807) is 0 Å². The van der Waals surface area contributed by atoms with Crippen molar-refractivity contribution in [3.05, 3.63) is 17.5 Å². The van der Waals surface area contributed by atoms with Gasteiger partial charge in [-0.3, -0.25) is 0 Å². The average Bonchev–Trinajstić information content (AvgIpc) is 3.12. The fourth-order valence-electron chi connectivity index (χ4n) is 4.39. The van der Waals surface area contributed by atoms with Crippen molar-refractivity contribution in [3.8, 4) is 11.4 Å². The van der Waals surface area contributed by atoms with Gasteiger partial charge < -0.3 is 25.0 Å². The number of hydrogen-bond donors (Lipinski definition) is 1. The van der Waals surface area contributed by atoms with Crippen LogP contribution in [0.25, 0.3) is 11.4 Å². The smallest absolute Gasteiger partial charge is 0.377 e. The zero-order chi connectivity index (χ0) is 21.8. The van der Waals surface area contributed by atoms with Crippen LogP contribution in [0.1, 0.15) is 18.2 Å². The number of nitrogens with two attached hydrogens (primary N) is 1. The lowest BCUT2D eigenvalue weighted by atomic mass is 10.1. The molecule has 0 unspecified atom stereocenters. The minimum atomic E-state index is -4.72. The average molecular weight is 437 g/mol. The fourth-order valence-corrected chi connectivity index (χ4v) is 4.39. The minimum absolute atomic E-state index is 0.0271. The summed E-state index contributed by atoms with van der Waals surface area (Å²) in [6.07, 6.45) is -2.99. The molecule has 0 radical (unpaired) electrons. The van der Waals surface area contributed by atoms with Gasteiger partial charge in [-0.15, -0.1) is 0 Å². The number of halogens is 3. The second-order valence-corrected chi connectivity index (χ2v) is 7.90. The zero-order valence-electron chi connectivity index (χ0n) is 16.9. The van der Waals surface area contributed by atoms with E-state index < -0.39 is 17.8 Å². The number of ether oxygens (including phenoxy) is 2. The van der Waals surface area contributed by atoms with Crippen LogP contribution in [0.5, 0.6) is 0 Å². The Morgan fingerprint density at radius 2 is 1.71 bits per heavy atom. The molecule has 12 heteroatoms. The Morgan fingerprint density at radius 1 is 1.03 bits per heavy atom. The molecule has 9 nitrogen and oxygen atoms in total. The number of aromatic nitrogens is 4. The summed E-state index contributed by atoms with van der Waals surface area (Å²) in [5.74, 6) is 0.770. The highest BCUT2D eigenvalue weighted by atomic mass is 19.4. The second kappa shape index (κ2) is 7.45. The molecule has 3 aliphatic heterocycles. The largest absolute Gasteiger partial charge is 0.434 e. The molecule has 2 N–H and O–H groups in total. The highest BCUT2D eigenvalue weighted by Crippen LogP contribution is 2.41. The van der Waals surface area contributed by atoms with E-state index in [9.17, 15) is 13.2 Å². The van der Waals surface area contributed by atoms with Crippen LogP contribution >= 0.6 is 0 Å². The van der Waals surface area contributed by atoms with Crippen molar-refractivity contribution in [1.82, 2.24) is 19.9 Å². The number of nitrogen functional groups attached to an aromatic ring is 1. The van der Waals surface area contributed by atoms with E-state index in [2.05, 4.69) is 29.7 Å². The van der Waals surface area contributed by atoms with E-state index in [1.165, 1.54) is 0 Å². The van der Waals surface area contributed by atoms with Crippen LogP contribution in [0.3, 0.4) is 0 Å². The van der Waals surface area contributed by atoms with Crippen LogP contribution in [0.15, 0.2) is 6.20 Å². The Kier molecular flexibility index (Phi) is 4.85. The summed E-state index contributed by atoms with van der Waals surface area (Å²) in [6, 6.07) is 0.118. The lowest BCUT2D eigenvalue weighted by Crippen LogP contribution is -2.44. The highest BCUT2D eigenvalue weighted by Gasteiger charge is 2.41. The number of anilines is 3. The predicted molar refractivity (Wildman–Crippen MR) is 106 cm³/mol. The minimum Gasteiger partial charge on any atom is -0.377 e. The molecule has 3 aliphatic rings. The molecule has 31 heavy (non-hydrogen) atoms. The molecule has 2 fully saturated rings. The van der Waals surface area contributed by atoms with Crippen molar-refractivity contribution in [2.24, 2.45) is 0 Å². The van der Waals surface area contributed by atoms with Gasteiger partial charge in [0.05, 0.1) is 44.1 Å². The standard InChI is InChI=1S/C19H22F3N7O2/c1-10-8-30-4-2-28(10)16-12-6-11-9-31-5-3-29(11)17(12)27-15(26-16)13-7-24-18(23)25-14(13)19(20,21)22/h7,10-11H,2-6,8-9H2,1H3,(H2,23,24,25)/t10-,11-/m1/s1. The van der Waals surface area contributed by atoms with E-state index in [1.807, 2.05) is 6.92 Å². The molecule has 0 aliphatic carbocycles. The van der Waals surface area contributed by atoms with Crippen molar-refractivity contribution >= 4 is 17.6 Å². The molecular weight excluding hydrogens is 415 g/mol. The summed E-state index contributed by atoms with van der Waals surface area (Å²) in [6.45, 7) is 5.34. The molecule has 2 aromatic heterocycles. The Morgan fingerprint density at radius 3 is 2.42 bits per heavy atom. The van der Waals surface area contributed by atoms with Gasteiger partial charge in [0, 0.05) is 31.3 Å². The van der Waals surface area contributed by atoms with Crippen LogP contribution in [0.2, 0.25) is 0 Å². The van der Waals surface area contributed by atoms with Gasteiger partial charge in [-0.1, -0.05) is 0 Å². The number of nitrogens with zero attached hydrogens (tertiary/aromatic N) is 6. The Labute approximate surface area is 176 Å². The van der Waals surface area contributed by atoms with E-state index in [0.29, 0.717) is 57.6 Å². The van der Waals surface area contributed by atoms with Crippen molar-refractivity contribution in [2.75, 3.05) is 55.1 Å². The molecule has 2 atom stereocenters. The molecule has 5 rings (SSSR count). The highest BCUT2D eigenvalue weighted by molar-refractivity contribution is 5.71. The molecular formula is C19H22F3N7O2. The molecule has 2 saturated heterocycles. The summed E-state index contributed by atoms with van der Waals surface area (Å²) >= 11 is 0. The summed E-state index contributed by atoms with van der Waals surface area (Å²) in [7, 11) is 0. The lowest BCUT2D eigenvalue weighted by molar-refractivity contribution is -0.140. The first kappa shape index (κ1) is 20.2. The van der Waals surface area contributed by atoms with Crippen molar-refractivity contribution in [1.29, 1.82) is 0 Å². The lowest BCUT2D eigenvalue weighted by Gasteiger charge is -2.35. The van der Waals surface area contributed by atoms with Gasteiger partial charge in [0.1, 0.15) is 11.6 Å². The number of fused-ring (bicyclic) bond motifs is 3. The van der Waals surface area contributed by atoms with Gasteiger partial charge in [0.15, 0.2) is 11.5 Å². The van der Waals surface area contributed by atoms with Crippen LogP contribution in [0, 0.1) is 0 Å². The Hall–Kier alpha value is -2.73. The molecule has 0 aromatic carbocycles. The summed E-state index contributed by atoms with van der Waals surface area (Å²) < 4.78 is 52.3. The molecule has 0 bridgehead atoms. The number of hydrogen-bond acceptors (Lipinski definition) is 9. The van der Waals surface area contributed by atoms with Gasteiger partial charge in [-0.2, -0.15) is 13.2 Å². The topological polar surface area (TPSA) is 103 Å². The predicted octanol–water partition coefficient (Wildman–Crippen LogP) is 1.52. The molecule has 0 saturated carbocycles. The van der Waals surface area contributed by atoms with Crippen LogP contribution in [-0.2, 0) is 22.1 Å². The zero-order valence-corrected chi connectivity index (χ0v) is 16.9. The summed E-state index contributed by atoms with van der Waals surface area (Å²) in [4.78, 5) is 20.6. The maximum Gasteiger partial charge on any atom is 0.434 e. The SMILES string of the molecule is C[C@@H]1COCCN1c1nc(-c2cnc(N)nc2C(F)(F)F)nc2c1C[C@@H]1COCCN21. The Balaban J connectivity index is 1.69. The van der Waals surface area contributed by atoms with Gasteiger partial charge in [-0.05, 0) is 6.92 Å². The third-order valence-corrected chi connectivity index (χ3v) is 5.86. The molecule has 2 aromatic rings. The van der Waals surface area contributed by atoms with E-state index in [0.717, 1.165) is 11.8 Å². The molecule has 166 valence electrons. The summed E-state index contributed by atoms with van der Waals surface area (Å²) in [5.41, 5.74) is 4.94. The van der Waals surface area contributed by atoms with Crippen LogP contribution < -0.4 is 15.5 Å². The monoisotopic (exact) mass is 437 g/mol. The number of rotatable bonds is 2. The second-order valence-electron chi connectivity index (χ2n) is 7.90. The first-order valence-corrected chi connectivity index (χ1v) is 10.1. The van der Waals surface area contributed by atoms with E-state index in [-0.39, 0.29) is 23.5 Å². The maximum absolute atomic E-state index is 13.7. The normalized spacial score (nSPS) is 23.6. The molecule has 5 heterocycles. The first-order chi connectivity index (χ1) is 14.8. The third-order valence-electron chi connectivity index (χ3n) is 5.86.